The molecule has 0 aromatic rings. The van der Waals surface area contributed by atoms with Crippen LogP contribution in [0.25, 0.3) is 0 Å². The van der Waals surface area contributed by atoms with Crippen molar-refractivity contribution in [2.24, 2.45) is 28.6 Å². The molecule has 1 saturated heterocycles. The molecule has 0 aromatic heterocycles. The molecule has 5 aliphatic rings. The largest absolute Gasteiger partial charge is 0.393 e. The van der Waals surface area contributed by atoms with Crippen LogP contribution >= 0.6 is 11.6 Å². The van der Waals surface area contributed by atoms with Crippen LogP contribution in [0.3, 0.4) is 0 Å². The topological polar surface area (TPSA) is 72.8 Å². The average Bonchev–Trinajstić information content (AvgIpc) is 3.07. The van der Waals surface area contributed by atoms with Gasteiger partial charge in [0.15, 0.2) is 23.0 Å². The number of fused-ring (bicyclic) bond motifs is 7. The fourth-order valence-electron chi connectivity index (χ4n) is 8.38. The molecule has 4 aliphatic carbocycles. The van der Waals surface area contributed by atoms with Crippen LogP contribution in [0.4, 0.5) is 0 Å². The summed E-state index contributed by atoms with van der Waals surface area (Å²) in [4.78, 5) is 25.4. The van der Waals surface area contributed by atoms with Gasteiger partial charge >= 0.3 is 0 Å². The predicted molar refractivity (Wildman–Crippen MR) is 112 cm³/mol. The number of halogens is 1. The second-order valence-electron chi connectivity index (χ2n) is 11.2. The second kappa shape index (κ2) is 6.40. The summed E-state index contributed by atoms with van der Waals surface area (Å²) in [6.07, 6.45) is 5.37. The van der Waals surface area contributed by atoms with E-state index in [4.69, 9.17) is 21.1 Å². The number of carbonyl (C=O) groups is 2. The molecular weight excluding hydrogens is 404 g/mol. The quantitative estimate of drug-likeness (QED) is 0.666. The number of hydrogen-bond donors (Lipinski definition) is 1. The molecule has 166 valence electrons. The molecule has 3 saturated carbocycles. The van der Waals surface area contributed by atoms with E-state index in [1.165, 1.54) is 5.57 Å². The van der Waals surface area contributed by atoms with Crippen LogP contribution < -0.4 is 0 Å². The lowest BCUT2D eigenvalue weighted by Crippen LogP contribution is -2.63. The maximum Gasteiger partial charge on any atom is 0.182 e. The van der Waals surface area contributed by atoms with Crippen molar-refractivity contribution < 1.29 is 24.2 Å². The summed E-state index contributed by atoms with van der Waals surface area (Å²) in [5.74, 6) is -0.289. The maximum atomic E-state index is 13.3. The van der Waals surface area contributed by atoms with Gasteiger partial charge in [-0.05, 0) is 75.2 Å². The summed E-state index contributed by atoms with van der Waals surface area (Å²) in [5, 5.41) is 11.6. The van der Waals surface area contributed by atoms with E-state index in [1.54, 1.807) is 0 Å². The molecule has 4 fully saturated rings. The molecule has 1 N–H and O–H groups in total. The Morgan fingerprint density at radius 1 is 1.27 bits per heavy atom. The minimum atomic E-state index is -1.10. The van der Waals surface area contributed by atoms with Crippen molar-refractivity contribution in [2.75, 3.05) is 5.88 Å². The zero-order chi connectivity index (χ0) is 21.7. The number of carbonyl (C=O) groups excluding carboxylic acids is 2. The monoisotopic (exact) mass is 436 g/mol. The molecule has 8 atom stereocenters. The number of alkyl halides is 1. The van der Waals surface area contributed by atoms with Crippen molar-refractivity contribution >= 4 is 23.2 Å². The number of Topliss-reactive ketones (excluding diaryl/α,β-unsaturated/α-hetero) is 1. The lowest BCUT2D eigenvalue weighted by molar-refractivity contribution is -0.225. The number of hydrogen-bond acceptors (Lipinski definition) is 5. The van der Waals surface area contributed by atoms with E-state index in [0.717, 1.165) is 25.7 Å². The van der Waals surface area contributed by atoms with Crippen molar-refractivity contribution in [3.05, 3.63) is 11.6 Å². The van der Waals surface area contributed by atoms with Crippen LogP contribution in [0.5, 0.6) is 0 Å². The number of allylic oxidation sites excluding steroid dienone is 1. The minimum absolute atomic E-state index is 0.0960. The van der Waals surface area contributed by atoms with Gasteiger partial charge in [-0.25, -0.2) is 0 Å². The number of ketones is 2. The summed E-state index contributed by atoms with van der Waals surface area (Å²) in [6, 6.07) is 0. The first kappa shape index (κ1) is 21.1. The lowest BCUT2D eigenvalue weighted by atomic mass is 9.45. The highest BCUT2D eigenvalue weighted by molar-refractivity contribution is 6.29. The Morgan fingerprint density at radius 2 is 2.00 bits per heavy atom. The zero-order valence-electron chi connectivity index (χ0n) is 18.4. The molecule has 30 heavy (non-hydrogen) atoms. The molecule has 1 aliphatic heterocycles. The maximum absolute atomic E-state index is 13.3. The van der Waals surface area contributed by atoms with Crippen LogP contribution in [0, 0.1) is 28.6 Å². The third-order valence-corrected chi connectivity index (χ3v) is 9.67. The first-order valence-corrected chi connectivity index (χ1v) is 11.9. The standard InChI is InChI=1S/C24H33ClO5/c1-21(2)29-19-10-16-15-6-5-13-9-14(26)7-8-22(13,3)20(15)17(27)11-23(16,4)24(19,30-21)18(28)12-25/h9,15-17,19-20,27H,5-8,10-12H2,1-4H3/t15-,16-,17-,19+,20+,22-,23-,24+/m0/s1. The first-order valence-electron chi connectivity index (χ1n) is 11.4. The molecule has 0 bridgehead atoms. The van der Waals surface area contributed by atoms with Gasteiger partial charge in [0.25, 0.3) is 0 Å². The Labute approximate surface area is 183 Å². The van der Waals surface area contributed by atoms with Crippen molar-refractivity contribution in [1.82, 2.24) is 0 Å². The summed E-state index contributed by atoms with van der Waals surface area (Å²) in [5.41, 5.74) is -0.574. The Balaban J connectivity index is 1.58. The first-order chi connectivity index (χ1) is 14.0. The summed E-state index contributed by atoms with van der Waals surface area (Å²) in [6.45, 7) is 8.06. The van der Waals surface area contributed by atoms with Crippen LogP contribution in [-0.2, 0) is 19.1 Å². The van der Waals surface area contributed by atoms with Crippen molar-refractivity contribution in [3.8, 4) is 0 Å². The van der Waals surface area contributed by atoms with Crippen molar-refractivity contribution in [1.29, 1.82) is 0 Å². The lowest BCUT2D eigenvalue weighted by Gasteiger charge is -2.60. The Kier molecular flexibility index (Phi) is 4.50. The van der Waals surface area contributed by atoms with Gasteiger partial charge in [-0.2, -0.15) is 0 Å². The summed E-state index contributed by atoms with van der Waals surface area (Å²) < 4.78 is 12.7. The van der Waals surface area contributed by atoms with E-state index in [9.17, 15) is 14.7 Å². The second-order valence-corrected chi connectivity index (χ2v) is 11.5. The predicted octanol–water partition coefficient (Wildman–Crippen LogP) is 3.80. The molecule has 6 heteroatoms. The van der Waals surface area contributed by atoms with Gasteiger partial charge in [-0.1, -0.05) is 19.4 Å². The SMILES string of the molecule is CC1(C)O[C@@H]2C[C@H]3[C@@H]4CCC5=CC(=O)CC[C@]5(C)[C@H]4[C@@H](O)C[C@]3(C)[C@]2(C(=O)CCl)O1. The third kappa shape index (κ3) is 2.47. The highest BCUT2D eigenvalue weighted by Gasteiger charge is 2.76. The zero-order valence-corrected chi connectivity index (χ0v) is 19.1. The van der Waals surface area contributed by atoms with Crippen molar-refractivity contribution in [3.63, 3.8) is 0 Å². The van der Waals surface area contributed by atoms with Gasteiger partial charge in [0.2, 0.25) is 0 Å². The fourth-order valence-corrected chi connectivity index (χ4v) is 8.58. The molecule has 1 heterocycles. The molecule has 0 aromatic carbocycles. The van der Waals surface area contributed by atoms with Crippen LogP contribution in [0.2, 0.25) is 0 Å². The molecule has 0 spiro atoms. The number of rotatable bonds is 2. The highest BCUT2D eigenvalue weighted by atomic mass is 35.5. The van der Waals surface area contributed by atoms with Crippen molar-refractivity contribution in [2.45, 2.75) is 89.8 Å². The number of aliphatic hydroxyl groups is 1. The van der Waals surface area contributed by atoms with Gasteiger partial charge in [0, 0.05) is 11.8 Å². The highest BCUT2D eigenvalue weighted by Crippen LogP contribution is 2.70. The van der Waals surface area contributed by atoms with Gasteiger partial charge in [-0.15, -0.1) is 11.6 Å². The third-order valence-electron chi connectivity index (χ3n) is 9.42. The van der Waals surface area contributed by atoms with Gasteiger partial charge in [0.05, 0.1) is 18.1 Å². The average molecular weight is 437 g/mol. The van der Waals surface area contributed by atoms with E-state index >= 15 is 0 Å². The van der Waals surface area contributed by atoms with Crippen LogP contribution in [0.1, 0.15) is 66.2 Å². The summed E-state index contributed by atoms with van der Waals surface area (Å²) in [7, 11) is 0. The van der Waals surface area contributed by atoms with Gasteiger partial charge in [-0.3, -0.25) is 9.59 Å². The molecule has 0 radical (unpaired) electrons. The van der Waals surface area contributed by atoms with E-state index in [-0.39, 0.29) is 46.7 Å². The fraction of sp³-hybridized carbons (Fsp3) is 0.833. The van der Waals surface area contributed by atoms with Crippen LogP contribution in [0.15, 0.2) is 11.6 Å². The number of aliphatic hydroxyl groups excluding tert-OH is 1. The molecule has 0 amide bonds. The van der Waals surface area contributed by atoms with E-state index < -0.39 is 22.9 Å². The Hall–Kier alpha value is -0.750. The number of ether oxygens (including phenoxy) is 2. The van der Waals surface area contributed by atoms with E-state index in [1.807, 2.05) is 19.9 Å². The molecule has 5 rings (SSSR count). The summed E-state index contributed by atoms with van der Waals surface area (Å²) >= 11 is 6.09. The van der Waals surface area contributed by atoms with Gasteiger partial charge in [0.1, 0.15) is 0 Å². The molecule has 5 nitrogen and oxygen atoms in total. The van der Waals surface area contributed by atoms with Gasteiger partial charge < -0.3 is 14.6 Å². The normalized spacial score (nSPS) is 51.5. The molecule has 0 unspecified atom stereocenters. The molecular formula is C24H33ClO5. The van der Waals surface area contributed by atoms with E-state index in [2.05, 4.69) is 13.8 Å². The smallest absolute Gasteiger partial charge is 0.182 e. The van der Waals surface area contributed by atoms with E-state index in [0.29, 0.717) is 12.8 Å². The van der Waals surface area contributed by atoms with Crippen LogP contribution in [-0.4, -0.2) is 46.1 Å². The minimum Gasteiger partial charge on any atom is -0.393 e. The Morgan fingerprint density at radius 3 is 2.70 bits per heavy atom. The Bertz CT molecular complexity index is 835.